The molecule has 1 aliphatic rings. The van der Waals surface area contributed by atoms with E-state index in [1.165, 1.54) is 24.8 Å². The molecular formula is C16H22O. The molecule has 1 fully saturated rings. The van der Waals surface area contributed by atoms with Gasteiger partial charge in [0.05, 0.1) is 0 Å². The van der Waals surface area contributed by atoms with Gasteiger partial charge < -0.3 is 0 Å². The van der Waals surface area contributed by atoms with Crippen molar-refractivity contribution in [2.75, 3.05) is 0 Å². The van der Waals surface area contributed by atoms with Gasteiger partial charge in [-0.15, -0.1) is 0 Å². The minimum absolute atomic E-state index is 0.274. The molecule has 1 heteroatoms. The summed E-state index contributed by atoms with van der Waals surface area (Å²) in [5.41, 5.74) is 2.09. The van der Waals surface area contributed by atoms with Crippen LogP contribution in [0, 0.1) is 18.8 Å². The van der Waals surface area contributed by atoms with Crippen molar-refractivity contribution in [3.05, 3.63) is 35.4 Å². The maximum Gasteiger partial charge on any atom is 0.165 e. The molecule has 0 aliphatic heterocycles. The summed E-state index contributed by atoms with van der Waals surface area (Å²) in [7, 11) is 0. The lowest BCUT2D eigenvalue weighted by Crippen LogP contribution is -2.22. The van der Waals surface area contributed by atoms with Gasteiger partial charge in [-0.3, -0.25) is 4.79 Å². The van der Waals surface area contributed by atoms with Gasteiger partial charge in [0.2, 0.25) is 0 Å². The predicted octanol–water partition coefficient (Wildman–Crippen LogP) is 4.39. The van der Waals surface area contributed by atoms with Crippen LogP contribution in [0.1, 0.15) is 54.9 Å². The van der Waals surface area contributed by atoms with E-state index in [2.05, 4.69) is 6.92 Å². The fraction of sp³-hybridized carbons (Fsp3) is 0.562. The van der Waals surface area contributed by atoms with Gasteiger partial charge in [-0.2, -0.15) is 0 Å². The number of carbonyl (C=O) groups is 1. The average Bonchev–Trinajstić information content (AvgIpc) is 2.38. The lowest BCUT2D eigenvalue weighted by atomic mass is 9.77. The van der Waals surface area contributed by atoms with Gasteiger partial charge in [0.15, 0.2) is 5.78 Å². The summed E-state index contributed by atoms with van der Waals surface area (Å²) in [5.74, 6) is 1.41. The van der Waals surface area contributed by atoms with Gasteiger partial charge in [0.1, 0.15) is 0 Å². The Kier molecular flexibility index (Phi) is 3.98. The third kappa shape index (κ3) is 2.96. The van der Waals surface area contributed by atoms with Gasteiger partial charge in [-0.25, -0.2) is 0 Å². The van der Waals surface area contributed by atoms with Crippen molar-refractivity contribution < 1.29 is 4.79 Å². The van der Waals surface area contributed by atoms with E-state index in [4.69, 9.17) is 0 Å². The fourth-order valence-electron chi connectivity index (χ4n) is 2.93. The highest BCUT2D eigenvalue weighted by atomic mass is 16.1. The van der Waals surface area contributed by atoms with Crippen molar-refractivity contribution >= 4 is 5.78 Å². The average molecular weight is 230 g/mol. The topological polar surface area (TPSA) is 17.1 Å². The molecular weight excluding hydrogens is 208 g/mol. The molecule has 0 radical (unpaired) electrons. The Balaban J connectivity index is 2.09. The number of aryl methyl sites for hydroxylation is 1. The van der Waals surface area contributed by atoms with E-state index in [0.717, 1.165) is 24.3 Å². The van der Waals surface area contributed by atoms with Gasteiger partial charge in [-0.1, -0.05) is 49.9 Å². The quantitative estimate of drug-likeness (QED) is 0.704. The molecule has 0 bridgehead atoms. The molecule has 1 aliphatic carbocycles. The van der Waals surface area contributed by atoms with Gasteiger partial charge in [-0.05, 0) is 31.7 Å². The zero-order valence-electron chi connectivity index (χ0n) is 10.9. The summed E-state index contributed by atoms with van der Waals surface area (Å²) < 4.78 is 0. The van der Waals surface area contributed by atoms with Crippen LogP contribution >= 0.6 is 0 Å². The fourth-order valence-corrected chi connectivity index (χ4v) is 2.93. The molecule has 92 valence electrons. The molecule has 1 saturated carbocycles. The lowest BCUT2D eigenvalue weighted by molar-refractivity contribution is 0.0862. The Hall–Kier alpha value is -1.11. The lowest BCUT2D eigenvalue weighted by Gasteiger charge is -2.27. The molecule has 2 unspecified atom stereocenters. The first-order chi connectivity index (χ1) is 8.20. The van der Waals surface area contributed by atoms with Gasteiger partial charge in [0, 0.05) is 11.5 Å². The first-order valence-corrected chi connectivity index (χ1v) is 6.81. The normalized spacial score (nSPS) is 24.6. The van der Waals surface area contributed by atoms with E-state index in [-0.39, 0.29) is 5.92 Å². The zero-order valence-corrected chi connectivity index (χ0v) is 10.9. The molecule has 2 rings (SSSR count). The highest BCUT2D eigenvalue weighted by molar-refractivity contribution is 5.98. The third-order valence-electron chi connectivity index (χ3n) is 4.03. The van der Waals surface area contributed by atoms with Crippen molar-refractivity contribution in [1.29, 1.82) is 0 Å². The summed E-state index contributed by atoms with van der Waals surface area (Å²) in [6.45, 7) is 4.29. The van der Waals surface area contributed by atoms with Crippen LogP contribution in [0.5, 0.6) is 0 Å². The third-order valence-corrected chi connectivity index (χ3v) is 4.03. The Morgan fingerprint density at radius 2 is 2.18 bits per heavy atom. The minimum atomic E-state index is 0.274. The Morgan fingerprint density at radius 3 is 2.88 bits per heavy atom. The molecule has 0 aromatic heterocycles. The monoisotopic (exact) mass is 230 g/mol. The van der Waals surface area contributed by atoms with Crippen molar-refractivity contribution in [3.8, 4) is 0 Å². The van der Waals surface area contributed by atoms with E-state index in [9.17, 15) is 4.79 Å². The first-order valence-electron chi connectivity index (χ1n) is 6.81. The van der Waals surface area contributed by atoms with Crippen molar-refractivity contribution in [2.45, 2.75) is 46.0 Å². The van der Waals surface area contributed by atoms with Crippen LogP contribution in [0.15, 0.2) is 24.3 Å². The number of hydrogen-bond acceptors (Lipinski definition) is 1. The first kappa shape index (κ1) is 12.3. The van der Waals surface area contributed by atoms with Crippen LogP contribution in [-0.2, 0) is 0 Å². The van der Waals surface area contributed by atoms with E-state index >= 15 is 0 Å². The molecule has 1 aromatic rings. The van der Waals surface area contributed by atoms with Gasteiger partial charge >= 0.3 is 0 Å². The van der Waals surface area contributed by atoms with E-state index < -0.39 is 0 Å². The highest BCUT2D eigenvalue weighted by Gasteiger charge is 2.26. The van der Waals surface area contributed by atoms with Crippen LogP contribution in [-0.4, -0.2) is 5.78 Å². The molecule has 0 amide bonds. The van der Waals surface area contributed by atoms with Crippen LogP contribution in [0.4, 0.5) is 0 Å². The SMILES string of the molecule is CCC1CCCC(C(=O)c2cccc(C)c2)C1. The standard InChI is InChI=1S/C16H22O/c1-3-13-7-5-9-15(11-13)16(17)14-8-4-6-12(2)10-14/h4,6,8,10,13,15H,3,5,7,9,11H2,1-2H3. The zero-order chi connectivity index (χ0) is 12.3. The molecule has 1 nitrogen and oxygen atoms in total. The molecule has 0 heterocycles. The summed E-state index contributed by atoms with van der Waals surface area (Å²) >= 11 is 0. The Labute approximate surface area is 104 Å². The van der Waals surface area contributed by atoms with Crippen molar-refractivity contribution in [3.63, 3.8) is 0 Å². The van der Waals surface area contributed by atoms with Crippen molar-refractivity contribution in [1.82, 2.24) is 0 Å². The predicted molar refractivity (Wildman–Crippen MR) is 71.2 cm³/mol. The Morgan fingerprint density at radius 1 is 1.35 bits per heavy atom. The molecule has 17 heavy (non-hydrogen) atoms. The van der Waals surface area contributed by atoms with E-state index in [1.54, 1.807) is 0 Å². The van der Waals surface area contributed by atoms with Crippen LogP contribution < -0.4 is 0 Å². The maximum atomic E-state index is 12.4. The second-order valence-electron chi connectivity index (χ2n) is 5.37. The van der Waals surface area contributed by atoms with Crippen molar-refractivity contribution in [2.24, 2.45) is 11.8 Å². The maximum absolute atomic E-state index is 12.4. The number of Topliss-reactive ketones (excluding diaryl/α,β-unsaturated/α-hetero) is 1. The number of ketones is 1. The molecule has 0 saturated heterocycles. The minimum Gasteiger partial charge on any atom is -0.294 e. The number of benzene rings is 1. The second kappa shape index (κ2) is 5.48. The smallest absolute Gasteiger partial charge is 0.165 e. The summed E-state index contributed by atoms with van der Waals surface area (Å²) in [5, 5.41) is 0. The number of carbonyl (C=O) groups excluding carboxylic acids is 1. The highest BCUT2D eigenvalue weighted by Crippen LogP contribution is 2.33. The van der Waals surface area contributed by atoms with Crippen LogP contribution in [0.3, 0.4) is 0 Å². The van der Waals surface area contributed by atoms with E-state index in [1.807, 2.05) is 31.2 Å². The molecule has 0 N–H and O–H groups in total. The molecule has 2 atom stereocenters. The van der Waals surface area contributed by atoms with Crippen LogP contribution in [0.2, 0.25) is 0 Å². The molecule has 0 spiro atoms. The Bertz CT molecular complexity index is 394. The molecule has 1 aromatic carbocycles. The summed E-state index contributed by atoms with van der Waals surface area (Å²) in [6.07, 6.45) is 5.94. The summed E-state index contributed by atoms with van der Waals surface area (Å²) in [4.78, 5) is 12.4. The largest absolute Gasteiger partial charge is 0.294 e. The van der Waals surface area contributed by atoms with E-state index in [0.29, 0.717) is 5.78 Å². The second-order valence-corrected chi connectivity index (χ2v) is 5.37. The summed E-state index contributed by atoms with van der Waals surface area (Å²) in [6, 6.07) is 8.03. The van der Waals surface area contributed by atoms with Crippen LogP contribution in [0.25, 0.3) is 0 Å². The number of hydrogen-bond donors (Lipinski definition) is 0. The number of rotatable bonds is 3. The van der Waals surface area contributed by atoms with Gasteiger partial charge in [0.25, 0.3) is 0 Å².